The lowest BCUT2D eigenvalue weighted by Gasteiger charge is -2.36. The quantitative estimate of drug-likeness (QED) is 0.265. The van der Waals surface area contributed by atoms with Crippen LogP contribution in [0.25, 0.3) is 0 Å². The van der Waals surface area contributed by atoms with E-state index >= 15 is 0 Å². The van der Waals surface area contributed by atoms with Crippen molar-refractivity contribution in [3.8, 4) is 0 Å². The van der Waals surface area contributed by atoms with Crippen LogP contribution in [0.1, 0.15) is 60.5 Å². The zero-order valence-corrected chi connectivity index (χ0v) is 20.4. The van der Waals surface area contributed by atoms with Gasteiger partial charge in [-0.1, -0.05) is 117 Å². The molecule has 0 aromatic heterocycles. The van der Waals surface area contributed by atoms with Crippen molar-refractivity contribution in [2.75, 3.05) is 6.54 Å². The van der Waals surface area contributed by atoms with E-state index in [4.69, 9.17) is 0 Å². The second-order valence-electron chi connectivity index (χ2n) is 9.79. The second-order valence-corrected chi connectivity index (χ2v) is 9.79. The lowest BCUT2D eigenvalue weighted by molar-refractivity contribution is -0.121. The predicted molar refractivity (Wildman–Crippen MR) is 140 cm³/mol. The molecule has 3 heteroatoms. The summed E-state index contributed by atoms with van der Waals surface area (Å²) in [6.07, 6.45) is 7.16. The second kappa shape index (κ2) is 10.0. The van der Waals surface area contributed by atoms with E-state index in [2.05, 4.69) is 42.3 Å². The molecule has 35 heavy (non-hydrogen) atoms. The predicted octanol–water partition coefficient (Wildman–Crippen LogP) is 6.59. The first kappa shape index (κ1) is 23.3. The molecule has 0 spiro atoms. The van der Waals surface area contributed by atoms with Gasteiger partial charge in [0.1, 0.15) is 0 Å². The largest absolute Gasteiger partial charge is 0.373 e. The third-order valence-electron chi connectivity index (χ3n) is 7.78. The summed E-state index contributed by atoms with van der Waals surface area (Å²) in [5.74, 6) is 0.0104. The maximum atomic E-state index is 14.2. The van der Waals surface area contributed by atoms with E-state index in [1.54, 1.807) is 0 Å². The van der Waals surface area contributed by atoms with Crippen LogP contribution < -0.4 is 0 Å². The van der Waals surface area contributed by atoms with E-state index in [0.29, 0.717) is 12.0 Å². The smallest absolute Gasteiger partial charge is 0.190 e. The molecule has 5 rings (SSSR count). The van der Waals surface area contributed by atoms with Gasteiger partial charge in [-0.05, 0) is 17.5 Å². The van der Waals surface area contributed by atoms with Crippen molar-refractivity contribution in [3.63, 3.8) is 0 Å². The maximum Gasteiger partial charge on any atom is 0.190 e. The van der Waals surface area contributed by atoms with Crippen molar-refractivity contribution in [2.24, 2.45) is 5.92 Å². The minimum atomic E-state index is -0.873. The summed E-state index contributed by atoms with van der Waals surface area (Å²) in [5, 5.41) is 0. The molecule has 178 valence electrons. The number of fused-ring (bicyclic) bond motifs is 1. The SMILES string of the molecule is CCCCCCN1C=C(C(=O)c2ccccc2)C2C1CC(=O)C2(c1ccccc1)c1ccccc1. The summed E-state index contributed by atoms with van der Waals surface area (Å²) < 4.78 is 0. The summed E-state index contributed by atoms with van der Waals surface area (Å²) in [4.78, 5) is 30.4. The highest BCUT2D eigenvalue weighted by molar-refractivity contribution is 6.12. The van der Waals surface area contributed by atoms with Crippen LogP contribution in [-0.4, -0.2) is 29.1 Å². The minimum Gasteiger partial charge on any atom is -0.373 e. The Bertz CT molecular complexity index is 1160. The van der Waals surface area contributed by atoms with Crippen LogP contribution in [0, 0.1) is 5.92 Å². The molecule has 0 N–H and O–H groups in total. The molecule has 1 aliphatic heterocycles. The molecule has 0 saturated heterocycles. The molecule has 3 aromatic carbocycles. The van der Waals surface area contributed by atoms with E-state index < -0.39 is 5.41 Å². The van der Waals surface area contributed by atoms with Crippen molar-refractivity contribution >= 4 is 11.6 Å². The normalized spacial score (nSPS) is 20.5. The fourth-order valence-corrected chi connectivity index (χ4v) is 6.19. The number of unbranched alkanes of at least 4 members (excludes halogenated alkanes) is 3. The van der Waals surface area contributed by atoms with E-state index in [9.17, 15) is 9.59 Å². The third kappa shape index (κ3) is 4.03. The van der Waals surface area contributed by atoms with Gasteiger partial charge in [-0.15, -0.1) is 0 Å². The average Bonchev–Trinajstić information content (AvgIpc) is 3.42. The van der Waals surface area contributed by atoms with Crippen LogP contribution in [0.15, 0.2) is 103 Å². The van der Waals surface area contributed by atoms with Crippen molar-refractivity contribution in [3.05, 3.63) is 119 Å². The molecule has 0 radical (unpaired) electrons. The molecule has 0 amide bonds. The first-order valence-electron chi connectivity index (χ1n) is 12.9. The Morgan fingerprint density at radius 2 is 1.40 bits per heavy atom. The molecule has 3 aromatic rings. The fourth-order valence-electron chi connectivity index (χ4n) is 6.19. The molecule has 3 nitrogen and oxygen atoms in total. The molecule has 0 bridgehead atoms. The lowest BCUT2D eigenvalue weighted by Crippen LogP contribution is -2.42. The average molecular weight is 464 g/mol. The van der Waals surface area contributed by atoms with Gasteiger partial charge in [-0.25, -0.2) is 0 Å². The van der Waals surface area contributed by atoms with Gasteiger partial charge in [-0.3, -0.25) is 9.59 Å². The summed E-state index contributed by atoms with van der Waals surface area (Å²) >= 11 is 0. The van der Waals surface area contributed by atoms with E-state index in [0.717, 1.165) is 36.1 Å². The highest BCUT2D eigenvalue weighted by Gasteiger charge is 2.62. The van der Waals surface area contributed by atoms with Gasteiger partial charge in [0.2, 0.25) is 0 Å². The van der Waals surface area contributed by atoms with Crippen LogP contribution >= 0.6 is 0 Å². The molecule has 2 unspecified atom stereocenters. The summed E-state index contributed by atoms with van der Waals surface area (Å²) in [6, 6.07) is 29.7. The molecule has 2 atom stereocenters. The van der Waals surface area contributed by atoms with Crippen molar-refractivity contribution in [2.45, 2.75) is 50.5 Å². The fraction of sp³-hybridized carbons (Fsp3) is 0.312. The number of carbonyl (C=O) groups excluding carboxylic acids is 2. The zero-order valence-electron chi connectivity index (χ0n) is 20.4. The monoisotopic (exact) mass is 463 g/mol. The topological polar surface area (TPSA) is 37.4 Å². The first-order chi connectivity index (χ1) is 17.2. The van der Waals surface area contributed by atoms with Crippen molar-refractivity contribution in [1.29, 1.82) is 0 Å². The lowest BCUT2D eigenvalue weighted by atomic mass is 9.64. The Kier molecular flexibility index (Phi) is 6.68. The first-order valence-corrected chi connectivity index (χ1v) is 12.9. The Labute approximate surface area is 208 Å². The molecule has 2 aliphatic rings. The maximum absolute atomic E-state index is 14.2. The van der Waals surface area contributed by atoms with Gasteiger partial charge in [-0.2, -0.15) is 0 Å². The number of nitrogens with zero attached hydrogens (tertiary/aromatic N) is 1. The van der Waals surface area contributed by atoms with Gasteiger partial charge in [0.25, 0.3) is 0 Å². The Balaban J connectivity index is 1.65. The van der Waals surface area contributed by atoms with Gasteiger partial charge in [0, 0.05) is 42.3 Å². The van der Waals surface area contributed by atoms with Gasteiger partial charge in [0.15, 0.2) is 11.6 Å². The number of hydrogen-bond acceptors (Lipinski definition) is 3. The highest BCUT2D eigenvalue weighted by Crippen LogP contribution is 2.55. The number of hydrogen-bond donors (Lipinski definition) is 0. The van der Waals surface area contributed by atoms with Gasteiger partial charge in [0.05, 0.1) is 5.41 Å². The van der Waals surface area contributed by atoms with Gasteiger partial charge < -0.3 is 4.90 Å². The molecule has 1 fully saturated rings. The number of benzene rings is 3. The Morgan fingerprint density at radius 3 is 1.97 bits per heavy atom. The summed E-state index contributed by atoms with van der Waals surface area (Å²) in [6.45, 7) is 3.09. The Hall–Kier alpha value is -3.46. The van der Waals surface area contributed by atoms with E-state index in [-0.39, 0.29) is 23.5 Å². The van der Waals surface area contributed by atoms with Crippen LogP contribution in [0.4, 0.5) is 0 Å². The summed E-state index contributed by atoms with van der Waals surface area (Å²) in [5.41, 5.74) is 2.52. The molecular weight excluding hydrogens is 430 g/mol. The zero-order chi connectivity index (χ0) is 24.3. The van der Waals surface area contributed by atoms with Crippen molar-refractivity contribution < 1.29 is 9.59 Å². The van der Waals surface area contributed by atoms with Crippen LogP contribution in [0.2, 0.25) is 0 Å². The van der Waals surface area contributed by atoms with Gasteiger partial charge >= 0.3 is 0 Å². The molecule has 1 aliphatic carbocycles. The van der Waals surface area contributed by atoms with Crippen molar-refractivity contribution in [1.82, 2.24) is 4.90 Å². The number of rotatable bonds is 9. The Morgan fingerprint density at radius 1 is 0.829 bits per heavy atom. The molecular formula is C32H33NO2. The highest BCUT2D eigenvalue weighted by atomic mass is 16.1. The van der Waals surface area contributed by atoms with E-state index in [1.165, 1.54) is 12.8 Å². The number of ketones is 2. The number of Topliss-reactive ketones (excluding diaryl/α,β-unsaturated/α-hetero) is 2. The molecule has 1 saturated carbocycles. The minimum absolute atomic E-state index is 0.00722. The van der Waals surface area contributed by atoms with Crippen LogP contribution in [-0.2, 0) is 10.2 Å². The molecule has 1 heterocycles. The van der Waals surface area contributed by atoms with E-state index in [1.807, 2.05) is 66.7 Å². The van der Waals surface area contributed by atoms with Crippen LogP contribution in [0.5, 0.6) is 0 Å². The van der Waals surface area contributed by atoms with Crippen LogP contribution in [0.3, 0.4) is 0 Å². The number of carbonyl (C=O) groups is 2. The third-order valence-corrected chi connectivity index (χ3v) is 7.78. The summed E-state index contributed by atoms with van der Waals surface area (Å²) in [7, 11) is 0. The standard InChI is InChI=1S/C32H33NO2/c1-2-3-4-14-21-33-23-27(31(35)24-15-8-5-9-16-24)30-28(33)22-29(34)32(30,25-17-10-6-11-18-25)26-19-12-7-13-20-26/h5-13,15-20,23,28,30H,2-4,14,21-22H2,1H3.